The van der Waals surface area contributed by atoms with Crippen molar-refractivity contribution in [1.82, 2.24) is 0 Å². The number of aliphatic hydroxyl groups is 1. The smallest absolute Gasteiger partial charge is 0.135 e. The third kappa shape index (κ3) is 3.66. The molecule has 1 aromatic rings. The number of carbonyl (C=O) groups is 1. The van der Waals surface area contributed by atoms with Gasteiger partial charge in [0.15, 0.2) is 0 Å². The lowest BCUT2D eigenvalue weighted by Crippen LogP contribution is -2.06. The molecular formula is C13H18O3. The summed E-state index contributed by atoms with van der Waals surface area (Å²) in [6.07, 6.45) is 0.853. The predicted molar refractivity (Wildman–Crippen MR) is 62.5 cm³/mol. The lowest BCUT2D eigenvalue weighted by Gasteiger charge is -2.10. The van der Waals surface area contributed by atoms with Gasteiger partial charge in [-0.05, 0) is 24.1 Å². The van der Waals surface area contributed by atoms with Crippen LogP contribution in [-0.4, -0.2) is 18.0 Å². The summed E-state index contributed by atoms with van der Waals surface area (Å²) in [5.74, 6) is 0.849. The Bertz CT molecular complexity index is 330. The van der Waals surface area contributed by atoms with Gasteiger partial charge >= 0.3 is 0 Å². The fourth-order valence-electron chi connectivity index (χ4n) is 1.54. The lowest BCUT2D eigenvalue weighted by molar-refractivity contribution is -0.121. The van der Waals surface area contributed by atoms with Crippen molar-refractivity contribution in [3.05, 3.63) is 29.8 Å². The Balaban J connectivity index is 2.58. The van der Waals surface area contributed by atoms with Gasteiger partial charge in [0.25, 0.3) is 0 Å². The standard InChI is InChI=1S/C13H18O3/c1-3-4-11(14)9-13(15)10-5-7-12(16-2)8-6-10/h5-8,13,15H,3-4,9H2,1-2H3. The molecule has 3 heteroatoms. The number of benzene rings is 1. The fraction of sp³-hybridized carbons (Fsp3) is 0.462. The van der Waals surface area contributed by atoms with E-state index in [1.165, 1.54) is 0 Å². The van der Waals surface area contributed by atoms with Crippen molar-refractivity contribution in [2.24, 2.45) is 0 Å². The van der Waals surface area contributed by atoms with E-state index in [0.29, 0.717) is 6.42 Å². The van der Waals surface area contributed by atoms with Gasteiger partial charge in [0.2, 0.25) is 0 Å². The molecule has 0 aliphatic rings. The van der Waals surface area contributed by atoms with Crippen LogP contribution in [0.15, 0.2) is 24.3 Å². The summed E-state index contributed by atoms with van der Waals surface area (Å²) in [4.78, 5) is 11.4. The van der Waals surface area contributed by atoms with Crippen LogP contribution in [0.4, 0.5) is 0 Å². The molecule has 0 aliphatic carbocycles. The minimum atomic E-state index is -0.704. The number of rotatable bonds is 6. The van der Waals surface area contributed by atoms with E-state index in [1.54, 1.807) is 31.4 Å². The average Bonchev–Trinajstić information content (AvgIpc) is 2.29. The summed E-state index contributed by atoms with van der Waals surface area (Å²) in [7, 11) is 1.59. The number of ketones is 1. The van der Waals surface area contributed by atoms with Gasteiger partial charge in [-0.15, -0.1) is 0 Å². The second kappa shape index (κ2) is 6.28. The van der Waals surface area contributed by atoms with Gasteiger partial charge in [0.1, 0.15) is 11.5 Å². The van der Waals surface area contributed by atoms with Gasteiger partial charge in [-0.2, -0.15) is 0 Å². The maximum absolute atomic E-state index is 11.4. The van der Waals surface area contributed by atoms with Crippen LogP contribution in [-0.2, 0) is 4.79 Å². The zero-order valence-electron chi connectivity index (χ0n) is 9.77. The largest absolute Gasteiger partial charge is 0.497 e. The third-order valence-electron chi connectivity index (χ3n) is 2.45. The fourth-order valence-corrected chi connectivity index (χ4v) is 1.54. The number of aliphatic hydroxyl groups excluding tert-OH is 1. The molecule has 1 N–H and O–H groups in total. The first-order chi connectivity index (χ1) is 7.67. The average molecular weight is 222 g/mol. The number of methoxy groups -OCH3 is 1. The number of carbonyl (C=O) groups excluding carboxylic acids is 1. The molecule has 0 saturated carbocycles. The van der Waals surface area contributed by atoms with Crippen molar-refractivity contribution in [2.75, 3.05) is 7.11 Å². The highest BCUT2D eigenvalue weighted by Crippen LogP contribution is 2.20. The molecule has 16 heavy (non-hydrogen) atoms. The molecule has 3 nitrogen and oxygen atoms in total. The Morgan fingerprint density at radius 3 is 2.50 bits per heavy atom. The Labute approximate surface area is 96.1 Å². The molecule has 0 fully saturated rings. The molecule has 0 saturated heterocycles. The van der Waals surface area contributed by atoms with Crippen molar-refractivity contribution >= 4 is 5.78 Å². The van der Waals surface area contributed by atoms with Crippen molar-refractivity contribution in [2.45, 2.75) is 32.3 Å². The van der Waals surface area contributed by atoms with Crippen molar-refractivity contribution in [1.29, 1.82) is 0 Å². The second-order valence-corrected chi connectivity index (χ2v) is 3.78. The molecule has 88 valence electrons. The minimum absolute atomic E-state index is 0.103. The van der Waals surface area contributed by atoms with E-state index in [0.717, 1.165) is 17.7 Å². The monoisotopic (exact) mass is 222 g/mol. The zero-order chi connectivity index (χ0) is 12.0. The summed E-state index contributed by atoms with van der Waals surface area (Å²) in [6.45, 7) is 1.96. The van der Waals surface area contributed by atoms with Gasteiger partial charge in [0, 0.05) is 12.8 Å². The minimum Gasteiger partial charge on any atom is -0.497 e. The molecule has 0 radical (unpaired) electrons. The molecule has 1 atom stereocenters. The van der Waals surface area contributed by atoms with Gasteiger partial charge in [-0.1, -0.05) is 19.1 Å². The van der Waals surface area contributed by atoms with E-state index >= 15 is 0 Å². The van der Waals surface area contributed by atoms with Crippen LogP contribution < -0.4 is 4.74 Å². The Morgan fingerprint density at radius 2 is 2.00 bits per heavy atom. The van der Waals surface area contributed by atoms with Crippen LogP contribution in [0.25, 0.3) is 0 Å². The molecule has 0 heterocycles. The maximum Gasteiger partial charge on any atom is 0.135 e. The number of Topliss-reactive ketones (excluding diaryl/α,β-unsaturated/α-hetero) is 1. The summed E-state index contributed by atoms with van der Waals surface area (Å²) in [5, 5.41) is 9.82. The van der Waals surface area contributed by atoms with Crippen LogP contribution in [0.1, 0.15) is 37.9 Å². The number of ether oxygens (including phenoxy) is 1. The van der Waals surface area contributed by atoms with Crippen LogP contribution in [0.2, 0.25) is 0 Å². The number of hydrogen-bond acceptors (Lipinski definition) is 3. The van der Waals surface area contributed by atoms with Crippen LogP contribution in [0.3, 0.4) is 0 Å². The topological polar surface area (TPSA) is 46.5 Å². The summed E-state index contributed by atoms with van der Waals surface area (Å²) in [6, 6.07) is 7.12. The summed E-state index contributed by atoms with van der Waals surface area (Å²) >= 11 is 0. The first kappa shape index (κ1) is 12.7. The number of hydrogen-bond donors (Lipinski definition) is 1. The molecule has 0 bridgehead atoms. The zero-order valence-corrected chi connectivity index (χ0v) is 9.77. The quantitative estimate of drug-likeness (QED) is 0.804. The first-order valence-corrected chi connectivity index (χ1v) is 5.51. The molecule has 0 aromatic heterocycles. The lowest BCUT2D eigenvalue weighted by atomic mass is 10.0. The van der Waals surface area contributed by atoms with E-state index in [1.807, 2.05) is 6.92 Å². The third-order valence-corrected chi connectivity index (χ3v) is 2.45. The van der Waals surface area contributed by atoms with Crippen molar-refractivity contribution < 1.29 is 14.6 Å². The van der Waals surface area contributed by atoms with Gasteiger partial charge < -0.3 is 9.84 Å². The molecule has 0 aliphatic heterocycles. The highest BCUT2D eigenvalue weighted by molar-refractivity contribution is 5.78. The van der Waals surface area contributed by atoms with Crippen LogP contribution >= 0.6 is 0 Å². The molecular weight excluding hydrogens is 204 g/mol. The Hall–Kier alpha value is -1.35. The summed E-state index contributed by atoms with van der Waals surface area (Å²) in [5.41, 5.74) is 0.755. The molecule has 1 aromatic carbocycles. The van der Waals surface area contributed by atoms with Crippen molar-refractivity contribution in [3.8, 4) is 5.75 Å². The highest BCUT2D eigenvalue weighted by atomic mass is 16.5. The molecule has 1 rings (SSSR count). The predicted octanol–water partition coefficient (Wildman–Crippen LogP) is 2.49. The molecule has 0 spiro atoms. The van der Waals surface area contributed by atoms with E-state index in [-0.39, 0.29) is 12.2 Å². The van der Waals surface area contributed by atoms with Gasteiger partial charge in [-0.25, -0.2) is 0 Å². The van der Waals surface area contributed by atoms with E-state index in [4.69, 9.17) is 4.74 Å². The van der Waals surface area contributed by atoms with E-state index < -0.39 is 6.10 Å². The second-order valence-electron chi connectivity index (χ2n) is 3.78. The van der Waals surface area contributed by atoms with Gasteiger partial charge in [-0.3, -0.25) is 4.79 Å². The van der Waals surface area contributed by atoms with E-state index in [2.05, 4.69) is 0 Å². The highest BCUT2D eigenvalue weighted by Gasteiger charge is 2.12. The first-order valence-electron chi connectivity index (χ1n) is 5.51. The normalized spacial score (nSPS) is 12.2. The van der Waals surface area contributed by atoms with Crippen LogP contribution in [0, 0.1) is 0 Å². The van der Waals surface area contributed by atoms with Gasteiger partial charge in [0.05, 0.1) is 13.2 Å². The Kier molecular flexibility index (Phi) is 4.99. The Morgan fingerprint density at radius 1 is 1.38 bits per heavy atom. The SMILES string of the molecule is CCCC(=O)CC(O)c1ccc(OC)cc1. The molecule has 1 unspecified atom stereocenters. The van der Waals surface area contributed by atoms with Crippen molar-refractivity contribution in [3.63, 3.8) is 0 Å². The molecule has 0 amide bonds. The van der Waals surface area contributed by atoms with Crippen LogP contribution in [0.5, 0.6) is 5.75 Å². The summed E-state index contributed by atoms with van der Waals surface area (Å²) < 4.78 is 5.02. The maximum atomic E-state index is 11.4. The van der Waals surface area contributed by atoms with E-state index in [9.17, 15) is 9.90 Å².